The first kappa shape index (κ1) is 12.3. The van der Waals surface area contributed by atoms with E-state index in [9.17, 15) is 4.79 Å². The molecule has 0 aliphatic carbocycles. The van der Waals surface area contributed by atoms with Gasteiger partial charge in [0.2, 0.25) is 0 Å². The lowest BCUT2D eigenvalue weighted by Crippen LogP contribution is -2.19. The maximum atomic E-state index is 11.3. The second kappa shape index (κ2) is 5.99. The van der Waals surface area contributed by atoms with Crippen molar-refractivity contribution in [1.82, 2.24) is 5.32 Å². The van der Waals surface area contributed by atoms with Crippen LogP contribution >= 0.6 is 11.8 Å². The summed E-state index contributed by atoms with van der Waals surface area (Å²) in [6.45, 7) is 0. The van der Waals surface area contributed by atoms with Gasteiger partial charge in [0, 0.05) is 11.9 Å². The zero-order valence-electron chi connectivity index (χ0n) is 9.15. The summed E-state index contributed by atoms with van der Waals surface area (Å²) in [7, 11) is 1.50. The molecule has 0 saturated carbocycles. The summed E-state index contributed by atoms with van der Waals surface area (Å²) in [5.74, 6) is -0.364. The van der Waals surface area contributed by atoms with Crippen LogP contribution in [0.3, 0.4) is 0 Å². The first-order chi connectivity index (χ1) is 7.71. The molecular formula is C12H12N2OS. The van der Waals surface area contributed by atoms with Gasteiger partial charge in [-0.15, -0.1) is 11.8 Å². The van der Waals surface area contributed by atoms with E-state index < -0.39 is 0 Å². The third-order valence-electron chi connectivity index (χ3n) is 2.02. The predicted molar refractivity (Wildman–Crippen MR) is 65.9 cm³/mol. The monoisotopic (exact) mass is 232 g/mol. The lowest BCUT2D eigenvalue weighted by molar-refractivity contribution is -0.116. The fraction of sp³-hybridized carbons (Fsp3) is 0.167. The molecule has 1 aromatic carbocycles. The van der Waals surface area contributed by atoms with Crippen LogP contribution in [0.1, 0.15) is 5.56 Å². The van der Waals surface area contributed by atoms with Crippen molar-refractivity contribution in [1.29, 1.82) is 5.26 Å². The smallest absolute Gasteiger partial charge is 0.261 e. The highest BCUT2D eigenvalue weighted by atomic mass is 32.2. The quantitative estimate of drug-likeness (QED) is 0.493. The second-order valence-electron chi connectivity index (χ2n) is 3.02. The van der Waals surface area contributed by atoms with Gasteiger partial charge in [0.15, 0.2) is 0 Å². The third kappa shape index (κ3) is 3.14. The van der Waals surface area contributed by atoms with Crippen molar-refractivity contribution >= 4 is 23.7 Å². The molecule has 0 aliphatic rings. The van der Waals surface area contributed by atoms with Gasteiger partial charge in [-0.25, -0.2) is 0 Å². The number of carbonyl (C=O) groups is 1. The number of benzene rings is 1. The number of rotatable bonds is 3. The van der Waals surface area contributed by atoms with E-state index in [1.54, 1.807) is 17.8 Å². The molecule has 3 nitrogen and oxygen atoms in total. The van der Waals surface area contributed by atoms with E-state index in [0.717, 1.165) is 10.5 Å². The highest BCUT2D eigenvalue weighted by Crippen LogP contribution is 2.16. The molecule has 0 saturated heterocycles. The topological polar surface area (TPSA) is 52.9 Å². The normalized spacial score (nSPS) is 10.7. The maximum absolute atomic E-state index is 11.3. The molecule has 1 N–H and O–H groups in total. The van der Waals surface area contributed by atoms with Crippen molar-refractivity contribution in [2.75, 3.05) is 13.3 Å². The van der Waals surface area contributed by atoms with Crippen LogP contribution in [0, 0.1) is 11.3 Å². The number of nitrogens with one attached hydrogen (secondary N) is 1. The molecule has 0 heterocycles. The number of hydrogen-bond acceptors (Lipinski definition) is 3. The van der Waals surface area contributed by atoms with Gasteiger partial charge in [-0.05, 0) is 30.0 Å². The van der Waals surface area contributed by atoms with Crippen molar-refractivity contribution in [3.8, 4) is 6.07 Å². The van der Waals surface area contributed by atoms with E-state index in [1.807, 2.05) is 36.6 Å². The van der Waals surface area contributed by atoms with Gasteiger partial charge < -0.3 is 5.32 Å². The summed E-state index contributed by atoms with van der Waals surface area (Å²) in [5.41, 5.74) is 0.956. The molecule has 1 rings (SSSR count). The largest absolute Gasteiger partial charge is 0.354 e. The minimum absolute atomic E-state index is 0.111. The lowest BCUT2D eigenvalue weighted by Gasteiger charge is -1.99. The Labute approximate surface area is 99.2 Å². The highest BCUT2D eigenvalue weighted by Gasteiger charge is 2.05. The Morgan fingerprint density at radius 1 is 1.44 bits per heavy atom. The molecule has 4 heteroatoms. The average Bonchev–Trinajstić information content (AvgIpc) is 2.35. The predicted octanol–water partition coefficient (Wildman–Crippen LogP) is 2.06. The number of amides is 1. The Kier molecular flexibility index (Phi) is 4.62. The first-order valence-corrected chi connectivity index (χ1v) is 5.91. The Morgan fingerprint density at radius 2 is 2.06 bits per heavy atom. The summed E-state index contributed by atoms with van der Waals surface area (Å²) in [6.07, 6.45) is 3.57. The minimum atomic E-state index is -0.364. The fourth-order valence-corrected chi connectivity index (χ4v) is 1.56. The third-order valence-corrected chi connectivity index (χ3v) is 2.76. The molecule has 1 aromatic rings. The van der Waals surface area contributed by atoms with Crippen molar-refractivity contribution < 1.29 is 4.79 Å². The molecule has 0 radical (unpaired) electrons. The summed E-state index contributed by atoms with van der Waals surface area (Å²) in [4.78, 5) is 12.4. The summed E-state index contributed by atoms with van der Waals surface area (Å²) in [5, 5.41) is 11.2. The molecule has 0 aromatic heterocycles. The fourth-order valence-electron chi connectivity index (χ4n) is 1.15. The highest BCUT2D eigenvalue weighted by molar-refractivity contribution is 7.98. The Bertz CT molecular complexity index is 443. The summed E-state index contributed by atoms with van der Waals surface area (Å²) >= 11 is 1.65. The van der Waals surface area contributed by atoms with E-state index in [-0.39, 0.29) is 11.5 Å². The standard InChI is InChI=1S/C12H12N2OS/c1-14-12(15)10(8-13)7-9-3-5-11(16-2)6-4-9/h3-7H,1-2H3,(H,14,15)/b10-7+. The van der Waals surface area contributed by atoms with Gasteiger partial charge in [0.25, 0.3) is 5.91 Å². The van der Waals surface area contributed by atoms with Crippen LogP contribution in [-0.2, 0) is 4.79 Å². The number of hydrogen-bond donors (Lipinski definition) is 1. The molecule has 0 bridgehead atoms. The van der Waals surface area contributed by atoms with E-state index in [4.69, 9.17) is 5.26 Å². The molecule has 0 atom stereocenters. The van der Waals surface area contributed by atoms with E-state index >= 15 is 0 Å². The molecule has 16 heavy (non-hydrogen) atoms. The van der Waals surface area contributed by atoms with Crippen LogP contribution in [0.15, 0.2) is 34.7 Å². The van der Waals surface area contributed by atoms with Crippen molar-refractivity contribution in [3.63, 3.8) is 0 Å². The van der Waals surface area contributed by atoms with Crippen LogP contribution in [0.25, 0.3) is 6.08 Å². The molecule has 0 fully saturated rings. The van der Waals surface area contributed by atoms with Gasteiger partial charge in [-0.1, -0.05) is 12.1 Å². The Morgan fingerprint density at radius 3 is 2.50 bits per heavy atom. The lowest BCUT2D eigenvalue weighted by atomic mass is 10.1. The number of thioether (sulfide) groups is 1. The number of likely N-dealkylation sites (N-methyl/N-ethyl adjacent to an activating group) is 1. The summed E-state index contributed by atoms with van der Waals surface area (Å²) < 4.78 is 0. The number of carbonyl (C=O) groups excluding carboxylic acids is 1. The number of nitriles is 1. The van der Waals surface area contributed by atoms with Gasteiger partial charge in [-0.3, -0.25) is 4.79 Å². The molecule has 1 amide bonds. The van der Waals surface area contributed by atoms with E-state index in [1.165, 1.54) is 7.05 Å². The average molecular weight is 232 g/mol. The van der Waals surface area contributed by atoms with Gasteiger partial charge in [0.1, 0.15) is 11.6 Å². The SMILES string of the molecule is CNC(=O)/C(C#N)=C/c1ccc(SC)cc1. The second-order valence-corrected chi connectivity index (χ2v) is 3.90. The Hall–Kier alpha value is -1.73. The zero-order chi connectivity index (χ0) is 12.0. The molecular weight excluding hydrogens is 220 g/mol. The first-order valence-electron chi connectivity index (χ1n) is 4.69. The van der Waals surface area contributed by atoms with Crippen LogP contribution in [0.4, 0.5) is 0 Å². The number of nitrogens with zero attached hydrogens (tertiary/aromatic N) is 1. The van der Waals surface area contributed by atoms with Crippen molar-refractivity contribution in [2.24, 2.45) is 0 Å². The van der Waals surface area contributed by atoms with Crippen molar-refractivity contribution in [2.45, 2.75) is 4.90 Å². The van der Waals surface area contributed by atoms with Gasteiger partial charge >= 0.3 is 0 Å². The van der Waals surface area contributed by atoms with Crippen LogP contribution in [0.2, 0.25) is 0 Å². The molecule has 0 spiro atoms. The van der Waals surface area contributed by atoms with Crippen molar-refractivity contribution in [3.05, 3.63) is 35.4 Å². The summed E-state index contributed by atoms with van der Waals surface area (Å²) in [6, 6.07) is 9.54. The minimum Gasteiger partial charge on any atom is -0.354 e. The van der Waals surface area contributed by atoms with Crippen LogP contribution in [0.5, 0.6) is 0 Å². The van der Waals surface area contributed by atoms with E-state index in [2.05, 4.69) is 5.32 Å². The van der Waals surface area contributed by atoms with Gasteiger partial charge in [-0.2, -0.15) is 5.26 Å². The zero-order valence-corrected chi connectivity index (χ0v) is 9.97. The van der Waals surface area contributed by atoms with Crippen LogP contribution < -0.4 is 5.32 Å². The molecule has 82 valence electrons. The maximum Gasteiger partial charge on any atom is 0.261 e. The van der Waals surface area contributed by atoms with Crippen LogP contribution in [-0.4, -0.2) is 19.2 Å². The molecule has 0 unspecified atom stereocenters. The van der Waals surface area contributed by atoms with E-state index in [0.29, 0.717) is 0 Å². The molecule has 0 aliphatic heterocycles. The Balaban J connectivity index is 2.96. The van der Waals surface area contributed by atoms with Gasteiger partial charge in [0.05, 0.1) is 0 Å².